The second-order valence-corrected chi connectivity index (χ2v) is 33.2. The third kappa shape index (κ3) is 6.79. The highest BCUT2D eigenvalue weighted by Gasteiger charge is 2.85. The first-order valence-electron chi connectivity index (χ1n) is 36.3. The Morgan fingerprint density at radius 1 is 0.485 bits per heavy atom. The number of phenols is 1. The standard InChI is InChI=1S/C21H24NO3.2C20H21NO4.C18H19NO3.BrH.H2O/c1-3-9-22-10-8-20-17-14-5-4-13(2)18(17)25-19(20)15(23)6-7-21(20,24-12-22)16(22)11-14;2*1-2-8-21-9-7-19-16-12-3-4-13(22)17(16)25-18(19)14(23)5-6-20(19,24-11-21)15(21)10-12;1-10-2-3-11-8-13-18-5-4-12(20)16-17(18,14(11)15(10)22-16)6-7-19(13)9-21-18;;/h3-5,16,19H,1,6-12H2,2H3;2*2-4,15,18H,1,5-11H2;2-3,13,16H,4-9H2,1H3;1H;1H2/q+1;;;;;/p-1/t16-,19+,20+,21-,22?;;;13-,16+,17+,18-;;/m1..1../s1. The summed E-state index contributed by atoms with van der Waals surface area (Å²) in [5.41, 5.74) is 9.67. The lowest BCUT2D eigenvalue weighted by atomic mass is 9.49. The third-order valence-electron chi connectivity index (χ3n) is 30.6. The minimum absolute atomic E-state index is 0. The van der Waals surface area contributed by atoms with Crippen molar-refractivity contribution >= 4 is 23.1 Å². The van der Waals surface area contributed by atoms with Gasteiger partial charge in [-0.1, -0.05) is 68.0 Å². The van der Waals surface area contributed by atoms with Crippen LogP contribution in [0.15, 0.2) is 86.5 Å². The van der Waals surface area contributed by atoms with E-state index in [1.807, 2.05) is 30.4 Å². The molecule has 8 aliphatic carbocycles. The van der Waals surface area contributed by atoms with Crippen molar-refractivity contribution in [2.24, 2.45) is 0 Å². The average molecular weight is 1410 g/mol. The quantitative estimate of drug-likeness (QED) is 0.214. The molecule has 12 fully saturated rings. The summed E-state index contributed by atoms with van der Waals surface area (Å²) in [5.74, 6) is 3.82. The van der Waals surface area contributed by atoms with Gasteiger partial charge >= 0.3 is 0 Å². The van der Waals surface area contributed by atoms with Gasteiger partial charge < -0.3 is 70.6 Å². The van der Waals surface area contributed by atoms with Crippen molar-refractivity contribution in [3.63, 3.8) is 0 Å². The van der Waals surface area contributed by atoms with Crippen LogP contribution in [0, 0.1) is 13.8 Å². The number of rotatable bonds is 6. The average Bonchev–Trinajstić information content (AvgIpc) is 1.53. The van der Waals surface area contributed by atoms with Crippen molar-refractivity contribution in [2.45, 2.75) is 209 Å². The molecule has 4 saturated carbocycles. The lowest BCUT2D eigenvalue weighted by Gasteiger charge is -2.60. The van der Waals surface area contributed by atoms with Crippen molar-refractivity contribution in [1.82, 2.24) is 4.90 Å². The number of carbonyl (C=O) groups is 4. The van der Waals surface area contributed by atoms with Crippen LogP contribution in [0.1, 0.15) is 133 Å². The van der Waals surface area contributed by atoms with E-state index in [4.69, 9.17) is 37.9 Å². The topological polar surface area (TPSA) is 219 Å². The summed E-state index contributed by atoms with van der Waals surface area (Å²) >= 11 is 0. The van der Waals surface area contributed by atoms with Gasteiger partial charge in [0.2, 0.25) is 0 Å². The molecule has 4 aromatic carbocycles. The largest absolute Gasteiger partial charge is 1.00 e. The number of quaternary nitrogens is 3. The Bertz CT molecular complexity index is 4060. The van der Waals surface area contributed by atoms with E-state index in [1.54, 1.807) is 12.1 Å². The first-order chi connectivity index (χ1) is 46.9. The van der Waals surface area contributed by atoms with Crippen LogP contribution in [0.25, 0.3) is 0 Å². The molecule has 2 N–H and O–H groups in total. The highest BCUT2D eigenvalue weighted by molar-refractivity contribution is 5.93. The molecule has 24 rings (SSSR count). The number of hydrogen-bond acceptors (Lipinski definition) is 16. The fourth-order valence-corrected chi connectivity index (χ4v) is 27.0. The number of ether oxygens (including phenoxy) is 8. The van der Waals surface area contributed by atoms with Crippen LogP contribution in [0.2, 0.25) is 0 Å². The number of piperidine rings is 4. The molecule has 20 atom stereocenters. The minimum Gasteiger partial charge on any atom is -1.00 e. The minimum atomic E-state index is -0.545. The number of hydrogen-bond donors (Lipinski definition) is 1. The van der Waals surface area contributed by atoms with E-state index in [9.17, 15) is 29.4 Å². The molecular weight excluding hydrogens is 1320 g/mol. The van der Waals surface area contributed by atoms with Crippen molar-refractivity contribution in [1.29, 1.82) is 0 Å². The van der Waals surface area contributed by atoms with E-state index < -0.39 is 23.0 Å². The van der Waals surface area contributed by atoms with Crippen molar-refractivity contribution in [3.8, 4) is 34.5 Å². The van der Waals surface area contributed by atoms with Gasteiger partial charge in [0.1, 0.15) is 64.5 Å². The normalized spacial score (nSPS) is 44.4. The molecule has 0 amide bonds. The van der Waals surface area contributed by atoms with Gasteiger partial charge in [-0.3, -0.25) is 37.5 Å². The maximum atomic E-state index is 12.9. The molecule has 20 aliphatic rings. The maximum Gasteiger partial charge on any atom is 0.184 e. The predicted octanol–water partition coefficient (Wildman–Crippen LogP) is 3.95. The van der Waals surface area contributed by atoms with Gasteiger partial charge in [-0.05, 0) is 110 Å². The van der Waals surface area contributed by atoms with Gasteiger partial charge in [-0.15, -0.1) is 0 Å². The van der Waals surface area contributed by atoms with Gasteiger partial charge in [0.25, 0.3) is 0 Å². The smallest absolute Gasteiger partial charge is 0.184 e. The lowest BCUT2D eigenvalue weighted by Crippen LogP contribution is -3.00. The first-order valence-corrected chi connectivity index (χ1v) is 36.3. The number of aromatic hydroxyl groups is 1. The Morgan fingerprint density at radius 3 is 1.29 bits per heavy atom. The highest BCUT2D eigenvalue weighted by Crippen LogP contribution is 2.73. The Morgan fingerprint density at radius 2 is 0.848 bits per heavy atom. The molecule has 12 aliphatic heterocycles. The first kappa shape index (κ1) is 63.6. The summed E-state index contributed by atoms with van der Waals surface area (Å²) in [6.07, 6.45) is 17.3. The molecule has 19 nitrogen and oxygen atoms in total. The zero-order chi connectivity index (χ0) is 65.8. The van der Waals surface area contributed by atoms with Gasteiger partial charge in [0.15, 0.2) is 79.2 Å². The third-order valence-corrected chi connectivity index (χ3v) is 30.6. The Balaban J connectivity index is 0.0000000917. The molecule has 8 spiro atoms. The number of nitrogens with zero attached hydrogens (tertiary/aromatic N) is 4. The van der Waals surface area contributed by atoms with Crippen LogP contribution in [0.4, 0.5) is 0 Å². The van der Waals surface area contributed by atoms with Crippen molar-refractivity contribution < 1.29 is 103 Å². The molecule has 12 unspecified atom stereocenters. The number of halogens is 1. The molecule has 0 aromatic heterocycles. The van der Waals surface area contributed by atoms with Gasteiger partial charge in [-0.25, -0.2) is 0 Å². The zero-order valence-electron chi connectivity index (χ0n) is 56.6. The zero-order valence-corrected chi connectivity index (χ0v) is 58.1. The summed E-state index contributed by atoms with van der Waals surface area (Å²) in [6, 6.07) is 17.6. The summed E-state index contributed by atoms with van der Waals surface area (Å²) < 4.78 is 54.2. The van der Waals surface area contributed by atoms with Crippen LogP contribution in [0.5, 0.6) is 34.5 Å². The van der Waals surface area contributed by atoms with E-state index in [0.717, 1.165) is 184 Å². The highest BCUT2D eigenvalue weighted by atomic mass is 79.9. The maximum absolute atomic E-state index is 12.9. The number of Topliss-reactive ketones (excluding diaryl/α,β-unsaturated/α-hetero) is 4. The molecule has 4 aromatic rings. The second-order valence-electron chi connectivity index (χ2n) is 33.2. The predicted molar refractivity (Wildman–Crippen MR) is 350 cm³/mol. The number of ketones is 4. The lowest BCUT2D eigenvalue weighted by molar-refractivity contribution is -0.947. The molecule has 8 saturated heterocycles. The molecule has 99 heavy (non-hydrogen) atoms. The van der Waals surface area contributed by atoms with Crippen LogP contribution >= 0.6 is 0 Å². The molecular formula is C79H87BrN4O15. The summed E-state index contributed by atoms with van der Waals surface area (Å²) in [4.78, 5) is 53.7. The number of benzene rings is 4. The fraction of sp³-hybridized carbons (Fsp3) is 0.570. The number of phenolic OH excluding ortho intramolecular Hbond substituents is 1. The van der Waals surface area contributed by atoms with E-state index in [1.165, 1.54) is 33.4 Å². The molecule has 16 bridgehead atoms. The number of carbonyl (C=O) groups excluding carboxylic acids is 4. The van der Waals surface area contributed by atoms with Crippen LogP contribution in [-0.4, -0.2) is 196 Å². The summed E-state index contributed by atoms with van der Waals surface area (Å²) in [7, 11) is 0. The summed E-state index contributed by atoms with van der Waals surface area (Å²) in [6.45, 7) is 25.7. The Hall–Kier alpha value is -6.30. The summed E-state index contributed by atoms with van der Waals surface area (Å²) in [5, 5.41) is 22.9. The SMILES string of the molecule is C=CC[N+]12CCC34c5c6ccc(O)c5OC3C(=O)CCC4(OC1)C2C6.C=CC[N+]12CCC34c5c6ccc([O-])c5OC3C(=O)CCC4(OC1)C2C6.C=CC[N+]12CC[C@]34c5c6ccc(C)c5O[C@H]3C(=O)CC[C@@]4(OC1)[C@H]2C6.Cc1ccc2c3c1O[C@H]1C(=O)CC[C@]45OCN(CC[C@]314)[C@@H]5C2.[Br-].[OH-]. The monoisotopic (exact) mass is 1410 g/mol. The molecule has 0 radical (unpaired) electrons. The van der Waals surface area contributed by atoms with E-state index >= 15 is 0 Å². The van der Waals surface area contributed by atoms with Crippen LogP contribution in [0.3, 0.4) is 0 Å². The van der Waals surface area contributed by atoms with Gasteiger partial charge in [-0.2, -0.15) is 0 Å². The van der Waals surface area contributed by atoms with Crippen LogP contribution in [-0.2, 0) is 85.5 Å². The Labute approximate surface area is 586 Å². The van der Waals surface area contributed by atoms with Crippen LogP contribution < -0.4 is 41.0 Å². The van der Waals surface area contributed by atoms with E-state index in [2.05, 4.69) is 62.7 Å². The Kier molecular flexibility index (Phi) is 13.1. The van der Waals surface area contributed by atoms with Gasteiger partial charge in [0, 0.05) is 99.0 Å². The molecule has 520 valence electrons. The van der Waals surface area contributed by atoms with E-state index in [-0.39, 0.29) is 103 Å². The second kappa shape index (κ2) is 20.3. The van der Waals surface area contributed by atoms with Crippen molar-refractivity contribution in [2.75, 3.05) is 72.7 Å². The van der Waals surface area contributed by atoms with E-state index in [0.29, 0.717) is 74.8 Å². The van der Waals surface area contributed by atoms with Crippen molar-refractivity contribution in [3.05, 3.63) is 142 Å². The molecule has 12 heterocycles. The number of aryl methyl sites for hydroxylation is 2. The van der Waals surface area contributed by atoms with Gasteiger partial charge in [0.05, 0.1) is 60.9 Å². The molecule has 20 heteroatoms. The fourth-order valence-electron chi connectivity index (χ4n) is 27.0.